The number of nitrogens with zero attached hydrogens (tertiary/aromatic N) is 1. The molecule has 0 saturated carbocycles. The van der Waals surface area contributed by atoms with E-state index in [9.17, 15) is 0 Å². The molecule has 0 spiro atoms. The van der Waals surface area contributed by atoms with Gasteiger partial charge in [0.1, 0.15) is 0 Å². The average Bonchev–Trinajstić information content (AvgIpc) is 2.44. The third kappa shape index (κ3) is 2.49. The molecule has 0 radical (unpaired) electrons. The molecular weight excluding hydrogens is 236 g/mol. The molecule has 3 nitrogen and oxygen atoms in total. The number of rotatable bonds is 5. The molecule has 0 aromatic heterocycles. The molecular formula is C16H26N2O. The molecule has 1 heterocycles. The smallest absolute Gasteiger partial charge is 0.0779 e. The van der Waals surface area contributed by atoms with Gasteiger partial charge in [-0.05, 0) is 30.4 Å². The number of ether oxygens (including phenoxy) is 1. The van der Waals surface area contributed by atoms with Crippen LogP contribution in [0.25, 0.3) is 0 Å². The molecule has 1 aromatic rings. The summed E-state index contributed by atoms with van der Waals surface area (Å²) in [4.78, 5) is 2.49. The highest BCUT2D eigenvalue weighted by atomic mass is 16.5. The lowest BCUT2D eigenvalue weighted by Gasteiger charge is -2.49. The molecule has 1 aliphatic rings. The lowest BCUT2D eigenvalue weighted by Crippen LogP contribution is -2.62. The Morgan fingerprint density at radius 3 is 2.74 bits per heavy atom. The Balaban J connectivity index is 2.43. The predicted octanol–water partition coefficient (Wildman–Crippen LogP) is 2.44. The van der Waals surface area contributed by atoms with E-state index in [-0.39, 0.29) is 5.54 Å². The maximum absolute atomic E-state index is 6.16. The van der Waals surface area contributed by atoms with Gasteiger partial charge in [-0.25, -0.2) is 0 Å². The number of para-hydroxylation sites is 1. The fourth-order valence-corrected chi connectivity index (χ4v) is 3.21. The molecule has 0 fully saturated rings. The maximum atomic E-state index is 6.16. The zero-order chi connectivity index (χ0) is 13.9. The van der Waals surface area contributed by atoms with E-state index in [4.69, 9.17) is 10.5 Å². The standard InChI is InChI=1S/C16H26N2O/c1-13(2)16(11-17,12-19-3)18-10-6-8-14-7-4-5-9-15(14)18/h4-5,7,9,13H,6,8,10-12,17H2,1-3H3. The Hall–Kier alpha value is -1.06. The van der Waals surface area contributed by atoms with Gasteiger partial charge in [0.2, 0.25) is 0 Å². The van der Waals surface area contributed by atoms with Crippen LogP contribution in [-0.4, -0.2) is 32.3 Å². The van der Waals surface area contributed by atoms with Crippen LogP contribution in [0.15, 0.2) is 24.3 Å². The summed E-state index contributed by atoms with van der Waals surface area (Å²) in [5, 5.41) is 0. The predicted molar refractivity (Wildman–Crippen MR) is 80.6 cm³/mol. The summed E-state index contributed by atoms with van der Waals surface area (Å²) in [6.07, 6.45) is 2.35. The molecule has 106 valence electrons. The van der Waals surface area contributed by atoms with Crippen molar-refractivity contribution in [3.05, 3.63) is 29.8 Å². The quantitative estimate of drug-likeness (QED) is 0.886. The van der Waals surface area contributed by atoms with Crippen LogP contribution in [0.3, 0.4) is 0 Å². The van der Waals surface area contributed by atoms with E-state index in [0.717, 1.165) is 6.54 Å². The number of methoxy groups -OCH3 is 1. The Morgan fingerprint density at radius 2 is 2.11 bits per heavy atom. The summed E-state index contributed by atoms with van der Waals surface area (Å²) < 4.78 is 5.51. The summed E-state index contributed by atoms with van der Waals surface area (Å²) in [6.45, 7) is 6.84. The number of benzene rings is 1. The Labute approximate surface area is 116 Å². The van der Waals surface area contributed by atoms with Gasteiger partial charge in [-0.3, -0.25) is 0 Å². The van der Waals surface area contributed by atoms with E-state index < -0.39 is 0 Å². The van der Waals surface area contributed by atoms with E-state index in [1.54, 1.807) is 7.11 Å². The van der Waals surface area contributed by atoms with Gasteiger partial charge in [-0.2, -0.15) is 0 Å². The number of anilines is 1. The second kappa shape index (κ2) is 5.93. The number of nitrogens with two attached hydrogens (primary N) is 1. The van der Waals surface area contributed by atoms with Crippen molar-refractivity contribution in [1.82, 2.24) is 0 Å². The Morgan fingerprint density at radius 1 is 1.37 bits per heavy atom. The topological polar surface area (TPSA) is 38.5 Å². The summed E-state index contributed by atoms with van der Waals surface area (Å²) in [5.74, 6) is 0.448. The molecule has 19 heavy (non-hydrogen) atoms. The van der Waals surface area contributed by atoms with Crippen LogP contribution in [0, 0.1) is 5.92 Å². The van der Waals surface area contributed by atoms with E-state index in [1.165, 1.54) is 24.1 Å². The van der Waals surface area contributed by atoms with Gasteiger partial charge < -0.3 is 15.4 Å². The highest BCUT2D eigenvalue weighted by Crippen LogP contribution is 2.36. The zero-order valence-corrected chi connectivity index (χ0v) is 12.4. The van der Waals surface area contributed by atoms with Crippen molar-refractivity contribution >= 4 is 5.69 Å². The van der Waals surface area contributed by atoms with E-state index >= 15 is 0 Å². The second-order valence-electron chi connectivity index (χ2n) is 5.78. The van der Waals surface area contributed by atoms with Crippen LogP contribution in [0.4, 0.5) is 5.69 Å². The summed E-state index contributed by atoms with van der Waals surface area (Å²) in [5.41, 5.74) is 8.83. The Bertz CT molecular complexity index is 419. The lowest BCUT2D eigenvalue weighted by molar-refractivity contribution is 0.101. The molecule has 3 heteroatoms. The molecule has 2 rings (SSSR count). The minimum Gasteiger partial charge on any atom is -0.382 e. The lowest BCUT2D eigenvalue weighted by atomic mass is 9.82. The first kappa shape index (κ1) is 14.4. The first-order valence-corrected chi connectivity index (χ1v) is 7.20. The largest absolute Gasteiger partial charge is 0.382 e. The average molecular weight is 262 g/mol. The number of aryl methyl sites for hydroxylation is 1. The first-order valence-electron chi connectivity index (χ1n) is 7.20. The SMILES string of the molecule is COCC(CN)(C(C)C)N1CCCc2ccccc21. The normalized spacial score (nSPS) is 18.3. The van der Waals surface area contributed by atoms with Gasteiger partial charge in [0.25, 0.3) is 0 Å². The van der Waals surface area contributed by atoms with Crippen molar-refractivity contribution in [3.8, 4) is 0 Å². The van der Waals surface area contributed by atoms with Crippen molar-refractivity contribution in [1.29, 1.82) is 0 Å². The number of hydrogen-bond donors (Lipinski definition) is 1. The molecule has 1 aromatic carbocycles. The summed E-state index contributed by atoms with van der Waals surface area (Å²) in [6, 6.07) is 8.69. The van der Waals surface area contributed by atoms with Gasteiger partial charge >= 0.3 is 0 Å². The van der Waals surface area contributed by atoms with Gasteiger partial charge in [-0.15, -0.1) is 0 Å². The highest BCUT2D eigenvalue weighted by Gasteiger charge is 2.40. The third-order valence-electron chi connectivity index (χ3n) is 4.47. The fraction of sp³-hybridized carbons (Fsp3) is 0.625. The van der Waals surface area contributed by atoms with Gasteiger partial charge in [-0.1, -0.05) is 32.0 Å². The van der Waals surface area contributed by atoms with E-state index in [1.807, 2.05) is 0 Å². The van der Waals surface area contributed by atoms with Crippen LogP contribution < -0.4 is 10.6 Å². The molecule has 0 bridgehead atoms. The van der Waals surface area contributed by atoms with E-state index in [0.29, 0.717) is 19.1 Å². The molecule has 1 atom stereocenters. The second-order valence-corrected chi connectivity index (χ2v) is 5.78. The van der Waals surface area contributed by atoms with Crippen molar-refractivity contribution in [2.75, 3.05) is 31.7 Å². The minimum atomic E-state index is -0.106. The number of fused-ring (bicyclic) bond motifs is 1. The van der Waals surface area contributed by atoms with Gasteiger partial charge in [0.15, 0.2) is 0 Å². The Kier molecular flexibility index (Phi) is 4.48. The maximum Gasteiger partial charge on any atom is 0.0779 e. The molecule has 0 saturated heterocycles. The van der Waals surface area contributed by atoms with Crippen molar-refractivity contribution in [2.45, 2.75) is 32.2 Å². The first-order chi connectivity index (χ1) is 9.15. The van der Waals surface area contributed by atoms with Crippen molar-refractivity contribution in [2.24, 2.45) is 11.7 Å². The van der Waals surface area contributed by atoms with Crippen LogP contribution in [0.1, 0.15) is 25.8 Å². The van der Waals surface area contributed by atoms with Gasteiger partial charge in [0.05, 0.1) is 12.1 Å². The summed E-state index contributed by atoms with van der Waals surface area (Å²) in [7, 11) is 1.77. The minimum absolute atomic E-state index is 0.106. The highest BCUT2D eigenvalue weighted by molar-refractivity contribution is 5.58. The monoisotopic (exact) mass is 262 g/mol. The molecule has 2 N–H and O–H groups in total. The fourth-order valence-electron chi connectivity index (χ4n) is 3.21. The molecule has 1 aliphatic heterocycles. The van der Waals surface area contributed by atoms with Crippen molar-refractivity contribution < 1.29 is 4.74 Å². The third-order valence-corrected chi connectivity index (χ3v) is 4.47. The molecule has 1 unspecified atom stereocenters. The van der Waals surface area contributed by atoms with Crippen LogP contribution in [-0.2, 0) is 11.2 Å². The number of hydrogen-bond acceptors (Lipinski definition) is 3. The molecule has 0 amide bonds. The molecule has 0 aliphatic carbocycles. The zero-order valence-electron chi connectivity index (χ0n) is 12.4. The van der Waals surface area contributed by atoms with Crippen molar-refractivity contribution in [3.63, 3.8) is 0 Å². The summed E-state index contributed by atoms with van der Waals surface area (Å²) >= 11 is 0. The van der Waals surface area contributed by atoms with Crippen LogP contribution in [0.2, 0.25) is 0 Å². The van der Waals surface area contributed by atoms with E-state index in [2.05, 4.69) is 43.0 Å². The van der Waals surface area contributed by atoms with Crippen LogP contribution >= 0.6 is 0 Å². The van der Waals surface area contributed by atoms with Gasteiger partial charge in [0, 0.05) is 25.9 Å². The van der Waals surface area contributed by atoms with Crippen LogP contribution in [0.5, 0.6) is 0 Å².